The lowest BCUT2D eigenvalue weighted by atomic mass is 9.93. The summed E-state index contributed by atoms with van der Waals surface area (Å²) in [6.07, 6.45) is 7.14. The van der Waals surface area contributed by atoms with Crippen molar-refractivity contribution < 1.29 is 4.74 Å². The van der Waals surface area contributed by atoms with Gasteiger partial charge in [0.15, 0.2) is 5.65 Å². The van der Waals surface area contributed by atoms with Crippen LogP contribution in [0.3, 0.4) is 0 Å². The molecule has 34 heavy (non-hydrogen) atoms. The summed E-state index contributed by atoms with van der Waals surface area (Å²) in [7, 11) is 1.82. The van der Waals surface area contributed by atoms with E-state index < -0.39 is 0 Å². The maximum Gasteiger partial charge on any atom is 0.160 e. The van der Waals surface area contributed by atoms with Crippen molar-refractivity contribution in [3.63, 3.8) is 0 Å². The van der Waals surface area contributed by atoms with Gasteiger partial charge in [0, 0.05) is 38.4 Å². The Hall–Kier alpha value is -3.26. The molecule has 0 spiro atoms. The molecule has 3 aromatic heterocycles. The van der Waals surface area contributed by atoms with E-state index in [9.17, 15) is 0 Å². The monoisotopic (exact) mass is 457 g/mol. The fraction of sp³-hybridized carbons (Fsp3) is 0.462. The summed E-state index contributed by atoms with van der Waals surface area (Å²) in [6, 6.07) is 12.6. The lowest BCUT2D eigenvalue weighted by Gasteiger charge is -2.29. The lowest BCUT2D eigenvalue weighted by Crippen LogP contribution is -2.30. The molecule has 1 N–H and O–H groups in total. The first kappa shape index (κ1) is 21.3. The number of benzene rings is 1. The van der Waals surface area contributed by atoms with Crippen LogP contribution in [-0.4, -0.2) is 56.9 Å². The van der Waals surface area contributed by atoms with Crippen LogP contribution < -0.4 is 10.2 Å². The molecule has 1 aliphatic heterocycles. The van der Waals surface area contributed by atoms with Crippen LogP contribution in [0.1, 0.15) is 44.2 Å². The number of aromatic nitrogens is 5. The van der Waals surface area contributed by atoms with Crippen molar-refractivity contribution >= 4 is 28.3 Å². The highest BCUT2D eigenvalue weighted by atomic mass is 16.5. The molecule has 0 atom stereocenters. The zero-order chi connectivity index (χ0) is 23.1. The van der Waals surface area contributed by atoms with E-state index in [1.807, 2.05) is 48.9 Å². The number of rotatable bonds is 5. The van der Waals surface area contributed by atoms with Gasteiger partial charge in [-0.3, -0.25) is 0 Å². The van der Waals surface area contributed by atoms with Gasteiger partial charge < -0.3 is 15.0 Å². The second-order valence-electron chi connectivity index (χ2n) is 9.49. The molecule has 0 bridgehead atoms. The Morgan fingerprint density at radius 3 is 2.41 bits per heavy atom. The summed E-state index contributed by atoms with van der Waals surface area (Å²) < 4.78 is 7.50. The molecule has 2 fully saturated rings. The van der Waals surface area contributed by atoms with Gasteiger partial charge in [-0.25, -0.2) is 15.0 Å². The standard InChI is InChI=1S/C26H31N7O/c1-17-26(29-21-8-4-3-7-20(21)27-17)22-15-24-30-23(32-13-5-6-14-32)16-25(33(24)31-22)28-18-9-11-19(34-2)12-10-18/h3-4,7-8,15-16,18-19,28H,5-6,9-14H2,1-2H3. The maximum absolute atomic E-state index is 5.57. The van der Waals surface area contributed by atoms with Gasteiger partial charge in [0.05, 0.1) is 22.8 Å². The molecule has 4 heterocycles. The lowest BCUT2D eigenvalue weighted by molar-refractivity contribution is 0.0681. The van der Waals surface area contributed by atoms with Crippen molar-refractivity contribution in [3.8, 4) is 11.4 Å². The predicted octanol–water partition coefficient (Wildman–Crippen LogP) is 4.62. The first-order valence-corrected chi connectivity index (χ1v) is 12.4. The number of nitrogens with one attached hydrogen (secondary N) is 1. The van der Waals surface area contributed by atoms with Crippen molar-refractivity contribution in [3.05, 3.63) is 42.1 Å². The average Bonchev–Trinajstić information content (AvgIpc) is 3.54. The zero-order valence-electron chi connectivity index (χ0n) is 19.9. The van der Waals surface area contributed by atoms with Gasteiger partial charge in [-0.15, -0.1) is 0 Å². The van der Waals surface area contributed by atoms with E-state index in [1.165, 1.54) is 12.8 Å². The topological polar surface area (TPSA) is 80.5 Å². The Morgan fingerprint density at radius 1 is 0.941 bits per heavy atom. The van der Waals surface area contributed by atoms with Crippen molar-refractivity contribution in [1.29, 1.82) is 0 Å². The van der Waals surface area contributed by atoms with Crippen LogP contribution in [0.15, 0.2) is 36.4 Å². The summed E-state index contributed by atoms with van der Waals surface area (Å²) in [6.45, 7) is 4.10. The molecule has 1 saturated heterocycles. The molecule has 2 aliphatic rings. The second kappa shape index (κ2) is 8.83. The Morgan fingerprint density at radius 2 is 1.68 bits per heavy atom. The van der Waals surface area contributed by atoms with E-state index in [-0.39, 0.29) is 0 Å². The van der Waals surface area contributed by atoms with Crippen LogP contribution in [0, 0.1) is 6.92 Å². The van der Waals surface area contributed by atoms with Crippen LogP contribution in [0.5, 0.6) is 0 Å². The van der Waals surface area contributed by atoms with Crippen LogP contribution in [0.4, 0.5) is 11.6 Å². The van der Waals surface area contributed by atoms with Gasteiger partial charge in [-0.05, 0) is 57.6 Å². The van der Waals surface area contributed by atoms with Gasteiger partial charge in [-0.2, -0.15) is 9.61 Å². The highest BCUT2D eigenvalue weighted by Crippen LogP contribution is 2.30. The third kappa shape index (κ3) is 3.96. The number of aryl methyl sites for hydroxylation is 1. The van der Waals surface area contributed by atoms with Crippen LogP contribution in [-0.2, 0) is 4.74 Å². The minimum absolute atomic E-state index is 0.376. The van der Waals surface area contributed by atoms with Gasteiger partial charge in [0.25, 0.3) is 0 Å². The molecule has 1 saturated carbocycles. The Kier molecular flexibility index (Phi) is 5.53. The van der Waals surface area contributed by atoms with Crippen molar-refractivity contribution in [2.75, 3.05) is 30.4 Å². The van der Waals surface area contributed by atoms with Crippen molar-refractivity contribution in [2.24, 2.45) is 0 Å². The number of hydrogen-bond acceptors (Lipinski definition) is 7. The van der Waals surface area contributed by atoms with Gasteiger partial charge in [-0.1, -0.05) is 12.1 Å². The minimum Gasteiger partial charge on any atom is -0.381 e. The van der Waals surface area contributed by atoms with Gasteiger partial charge in [0.1, 0.15) is 23.0 Å². The zero-order valence-corrected chi connectivity index (χ0v) is 19.9. The number of para-hydroxylation sites is 2. The molecule has 0 amide bonds. The molecule has 8 nitrogen and oxygen atoms in total. The third-order valence-electron chi connectivity index (χ3n) is 7.19. The van der Waals surface area contributed by atoms with E-state index in [1.54, 1.807) is 0 Å². The fourth-order valence-electron chi connectivity index (χ4n) is 5.27. The molecule has 6 rings (SSSR count). The van der Waals surface area contributed by atoms with E-state index >= 15 is 0 Å². The summed E-state index contributed by atoms with van der Waals surface area (Å²) in [5.41, 5.74) is 5.08. The second-order valence-corrected chi connectivity index (χ2v) is 9.49. The average molecular weight is 458 g/mol. The number of methoxy groups -OCH3 is 1. The molecule has 4 aromatic rings. The summed E-state index contributed by atoms with van der Waals surface area (Å²) >= 11 is 0. The SMILES string of the molecule is COC1CCC(Nc2cc(N3CCCC3)nc3cc(-c4nc5ccccc5nc4C)nn23)CC1. The first-order chi connectivity index (χ1) is 16.7. The molecular formula is C26H31N7O. The minimum atomic E-state index is 0.376. The highest BCUT2D eigenvalue weighted by Gasteiger charge is 2.24. The first-order valence-electron chi connectivity index (χ1n) is 12.4. The van der Waals surface area contributed by atoms with E-state index in [2.05, 4.69) is 16.3 Å². The number of ether oxygens (including phenoxy) is 1. The van der Waals surface area contributed by atoms with E-state index in [0.29, 0.717) is 12.1 Å². The van der Waals surface area contributed by atoms with E-state index in [4.69, 9.17) is 24.8 Å². The molecule has 1 aliphatic carbocycles. The summed E-state index contributed by atoms with van der Waals surface area (Å²) in [4.78, 5) is 17.0. The molecule has 8 heteroatoms. The molecule has 0 radical (unpaired) electrons. The quantitative estimate of drug-likeness (QED) is 0.468. The van der Waals surface area contributed by atoms with E-state index in [0.717, 1.165) is 84.2 Å². The highest BCUT2D eigenvalue weighted by molar-refractivity contribution is 5.78. The summed E-state index contributed by atoms with van der Waals surface area (Å²) in [5.74, 6) is 2.01. The van der Waals surface area contributed by atoms with Gasteiger partial charge in [0.2, 0.25) is 0 Å². The van der Waals surface area contributed by atoms with Crippen LogP contribution in [0.2, 0.25) is 0 Å². The molecule has 176 valence electrons. The fourth-order valence-corrected chi connectivity index (χ4v) is 5.27. The van der Waals surface area contributed by atoms with Crippen molar-refractivity contribution in [1.82, 2.24) is 24.6 Å². The maximum atomic E-state index is 5.57. The number of anilines is 2. The number of fused-ring (bicyclic) bond motifs is 2. The van der Waals surface area contributed by atoms with Crippen LogP contribution in [0.25, 0.3) is 28.1 Å². The third-order valence-corrected chi connectivity index (χ3v) is 7.19. The van der Waals surface area contributed by atoms with Crippen molar-refractivity contribution in [2.45, 2.75) is 57.6 Å². The molecular weight excluding hydrogens is 426 g/mol. The molecule has 0 unspecified atom stereocenters. The Balaban J connectivity index is 1.41. The largest absolute Gasteiger partial charge is 0.381 e. The normalized spacial score (nSPS) is 20.9. The summed E-state index contributed by atoms with van der Waals surface area (Å²) in [5, 5.41) is 8.74. The van der Waals surface area contributed by atoms with Gasteiger partial charge >= 0.3 is 0 Å². The number of hydrogen-bond donors (Lipinski definition) is 1. The Bertz CT molecular complexity index is 1320. The Labute approximate surface area is 199 Å². The molecule has 1 aromatic carbocycles. The van der Waals surface area contributed by atoms with Crippen LogP contribution >= 0.6 is 0 Å². The smallest absolute Gasteiger partial charge is 0.160 e. The predicted molar refractivity (Wildman–Crippen MR) is 134 cm³/mol. The number of nitrogens with zero attached hydrogens (tertiary/aromatic N) is 6.